The zero-order valence-corrected chi connectivity index (χ0v) is 17.3. The third-order valence-electron chi connectivity index (χ3n) is 5.06. The van der Waals surface area contributed by atoms with Crippen LogP contribution in [0.2, 0.25) is 5.02 Å². The van der Waals surface area contributed by atoms with Crippen molar-refractivity contribution in [3.63, 3.8) is 0 Å². The van der Waals surface area contributed by atoms with Crippen LogP contribution >= 0.6 is 11.6 Å². The second-order valence-electron chi connectivity index (χ2n) is 7.02. The minimum absolute atomic E-state index is 0.00483. The molecule has 0 unspecified atom stereocenters. The van der Waals surface area contributed by atoms with Crippen molar-refractivity contribution in [2.45, 2.75) is 6.92 Å². The van der Waals surface area contributed by atoms with Crippen LogP contribution in [0.15, 0.2) is 51.8 Å². The van der Waals surface area contributed by atoms with E-state index in [1.807, 2.05) is 4.90 Å². The predicted molar refractivity (Wildman–Crippen MR) is 113 cm³/mol. The predicted octanol–water partition coefficient (Wildman–Crippen LogP) is 2.66. The maximum Gasteiger partial charge on any atom is 0.292 e. The van der Waals surface area contributed by atoms with E-state index in [9.17, 15) is 19.7 Å². The number of nitrogens with zero attached hydrogens (tertiary/aromatic N) is 5. The van der Waals surface area contributed by atoms with Crippen molar-refractivity contribution in [3.05, 3.63) is 79.6 Å². The standard InChI is InChI=1S/C20H18ClN5O5/c1-13-2-7-17(31-13)19(27)24-10-8-23(9-11-24)16-12-22-25(20(28)18(16)21)14-3-5-15(6-4-14)26(29)30/h2-7,12H,8-11H2,1H3. The Morgan fingerprint density at radius 1 is 1.13 bits per heavy atom. The summed E-state index contributed by atoms with van der Waals surface area (Å²) in [5, 5.41) is 15.0. The Labute approximate surface area is 181 Å². The lowest BCUT2D eigenvalue weighted by molar-refractivity contribution is -0.384. The molecule has 0 spiro atoms. The zero-order chi connectivity index (χ0) is 22.1. The van der Waals surface area contributed by atoms with Gasteiger partial charge >= 0.3 is 0 Å². The van der Waals surface area contributed by atoms with Gasteiger partial charge in [0.15, 0.2) is 5.76 Å². The van der Waals surface area contributed by atoms with E-state index in [0.29, 0.717) is 49.1 Å². The summed E-state index contributed by atoms with van der Waals surface area (Å²) in [4.78, 5) is 39.1. The Bertz CT molecular complexity index is 1200. The number of hydrogen-bond donors (Lipinski definition) is 0. The minimum Gasteiger partial charge on any atom is -0.456 e. The van der Waals surface area contributed by atoms with Gasteiger partial charge in [-0.05, 0) is 31.2 Å². The summed E-state index contributed by atoms with van der Waals surface area (Å²) in [5.41, 5.74) is 0.230. The molecule has 10 nitrogen and oxygen atoms in total. The molecule has 1 aliphatic heterocycles. The monoisotopic (exact) mass is 443 g/mol. The molecule has 31 heavy (non-hydrogen) atoms. The molecule has 2 aromatic heterocycles. The molecule has 1 saturated heterocycles. The van der Waals surface area contributed by atoms with Gasteiger partial charge in [0.2, 0.25) is 0 Å². The van der Waals surface area contributed by atoms with E-state index in [-0.39, 0.29) is 16.6 Å². The van der Waals surface area contributed by atoms with Crippen molar-refractivity contribution in [3.8, 4) is 5.69 Å². The number of furan rings is 1. The fraction of sp³-hybridized carbons (Fsp3) is 0.250. The van der Waals surface area contributed by atoms with Gasteiger partial charge in [0.1, 0.15) is 10.8 Å². The van der Waals surface area contributed by atoms with Crippen LogP contribution in [0.1, 0.15) is 16.3 Å². The molecule has 160 valence electrons. The van der Waals surface area contributed by atoms with Crippen molar-refractivity contribution in [1.29, 1.82) is 0 Å². The lowest BCUT2D eigenvalue weighted by Gasteiger charge is -2.35. The molecule has 4 rings (SSSR count). The number of piperazine rings is 1. The van der Waals surface area contributed by atoms with Crippen LogP contribution in [-0.2, 0) is 0 Å². The first kappa shape index (κ1) is 20.6. The molecule has 3 heterocycles. The third kappa shape index (κ3) is 4.02. The summed E-state index contributed by atoms with van der Waals surface area (Å²) in [6.45, 7) is 3.63. The van der Waals surface area contributed by atoms with Crippen LogP contribution in [0, 0.1) is 17.0 Å². The molecule has 0 saturated carbocycles. The summed E-state index contributed by atoms with van der Waals surface area (Å²) in [6.07, 6.45) is 1.48. The van der Waals surface area contributed by atoms with E-state index in [4.69, 9.17) is 16.0 Å². The number of amides is 1. The smallest absolute Gasteiger partial charge is 0.292 e. The van der Waals surface area contributed by atoms with Gasteiger partial charge in [0.25, 0.3) is 17.2 Å². The molecule has 1 amide bonds. The van der Waals surface area contributed by atoms with Crippen molar-refractivity contribution in [1.82, 2.24) is 14.7 Å². The molecule has 0 aliphatic carbocycles. The zero-order valence-electron chi connectivity index (χ0n) is 16.5. The molecule has 0 bridgehead atoms. The number of hydrogen-bond acceptors (Lipinski definition) is 7. The second kappa shape index (κ2) is 8.23. The molecule has 1 fully saturated rings. The summed E-state index contributed by atoms with van der Waals surface area (Å²) in [7, 11) is 0. The van der Waals surface area contributed by atoms with Crippen molar-refractivity contribution in [2.24, 2.45) is 0 Å². The molecule has 3 aromatic rings. The Hall–Kier alpha value is -3.66. The van der Waals surface area contributed by atoms with Gasteiger partial charge in [-0.1, -0.05) is 11.6 Å². The average Bonchev–Trinajstić information content (AvgIpc) is 3.21. The highest BCUT2D eigenvalue weighted by molar-refractivity contribution is 6.33. The van der Waals surface area contributed by atoms with Gasteiger partial charge in [-0.15, -0.1) is 0 Å². The van der Waals surface area contributed by atoms with Crippen molar-refractivity contribution >= 4 is 28.9 Å². The number of non-ortho nitro benzene ring substituents is 1. The minimum atomic E-state index is -0.530. The Morgan fingerprint density at radius 3 is 2.39 bits per heavy atom. The highest BCUT2D eigenvalue weighted by Crippen LogP contribution is 2.24. The lowest BCUT2D eigenvalue weighted by atomic mass is 10.2. The van der Waals surface area contributed by atoms with Crippen LogP contribution in [0.5, 0.6) is 0 Å². The molecule has 0 radical (unpaired) electrons. The average molecular weight is 444 g/mol. The van der Waals surface area contributed by atoms with Crippen LogP contribution in [0.3, 0.4) is 0 Å². The lowest BCUT2D eigenvalue weighted by Crippen LogP contribution is -2.49. The fourth-order valence-corrected chi connectivity index (χ4v) is 3.65. The maximum absolute atomic E-state index is 12.7. The van der Waals surface area contributed by atoms with E-state index >= 15 is 0 Å². The van der Waals surface area contributed by atoms with Gasteiger partial charge in [-0.25, -0.2) is 0 Å². The molecule has 11 heteroatoms. The summed E-state index contributed by atoms with van der Waals surface area (Å²) >= 11 is 6.34. The number of halogens is 1. The first-order chi connectivity index (χ1) is 14.8. The highest BCUT2D eigenvalue weighted by atomic mass is 35.5. The van der Waals surface area contributed by atoms with E-state index in [1.165, 1.54) is 30.5 Å². The first-order valence-corrected chi connectivity index (χ1v) is 9.86. The molecule has 0 N–H and O–H groups in total. The number of anilines is 1. The van der Waals surface area contributed by atoms with E-state index in [1.54, 1.807) is 24.0 Å². The number of carbonyl (C=O) groups excluding carboxylic acids is 1. The van der Waals surface area contributed by atoms with Crippen molar-refractivity contribution in [2.75, 3.05) is 31.1 Å². The highest BCUT2D eigenvalue weighted by Gasteiger charge is 2.26. The fourth-order valence-electron chi connectivity index (χ4n) is 3.40. The SMILES string of the molecule is Cc1ccc(C(=O)N2CCN(c3cnn(-c4ccc([N+](=O)[O-])cc4)c(=O)c3Cl)CC2)o1. The number of rotatable bonds is 4. The molecular formula is C20H18ClN5O5. The van der Waals surface area contributed by atoms with E-state index < -0.39 is 10.5 Å². The largest absolute Gasteiger partial charge is 0.456 e. The van der Waals surface area contributed by atoms with Crippen LogP contribution in [0.4, 0.5) is 11.4 Å². The van der Waals surface area contributed by atoms with Crippen molar-refractivity contribution < 1.29 is 14.1 Å². The van der Waals surface area contributed by atoms with Crippen LogP contribution in [-0.4, -0.2) is 51.7 Å². The van der Waals surface area contributed by atoms with Gasteiger partial charge < -0.3 is 14.2 Å². The second-order valence-corrected chi connectivity index (χ2v) is 7.40. The normalized spacial score (nSPS) is 14.0. The number of carbonyl (C=O) groups is 1. The van der Waals surface area contributed by atoms with Gasteiger partial charge in [0.05, 0.1) is 22.5 Å². The summed E-state index contributed by atoms with van der Waals surface area (Å²) in [5.74, 6) is 0.801. The Kier molecular flexibility index (Phi) is 5.47. The van der Waals surface area contributed by atoms with Gasteiger partial charge in [0, 0.05) is 38.3 Å². The molecule has 1 aliphatic rings. The van der Waals surface area contributed by atoms with Crippen LogP contribution < -0.4 is 10.5 Å². The Morgan fingerprint density at radius 2 is 1.81 bits per heavy atom. The number of benzene rings is 1. The first-order valence-electron chi connectivity index (χ1n) is 9.48. The summed E-state index contributed by atoms with van der Waals surface area (Å²) < 4.78 is 6.50. The number of nitro benzene ring substituents is 1. The molecule has 0 atom stereocenters. The van der Waals surface area contributed by atoms with Crippen LogP contribution in [0.25, 0.3) is 5.69 Å². The Balaban J connectivity index is 1.50. The summed E-state index contributed by atoms with van der Waals surface area (Å²) in [6, 6.07) is 8.86. The van der Waals surface area contributed by atoms with Gasteiger partial charge in [-0.3, -0.25) is 19.7 Å². The topological polar surface area (TPSA) is 115 Å². The third-order valence-corrected chi connectivity index (χ3v) is 5.42. The van der Waals surface area contributed by atoms with E-state index in [2.05, 4.69) is 5.10 Å². The van der Waals surface area contributed by atoms with Gasteiger partial charge in [-0.2, -0.15) is 9.78 Å². The number of nitro groups is 1. The number of aromatic nitrogens is 2. The number of aryl methyl sites for hydroxylation is 1. The quantitative estimate of drug-likeness (QED) is 0.449. The van der Waals surface area contributed by atoms with E-state index in [0.717, 1.165) is 4.68 Å². The maximum atomic E-state index is 12.7. The molecular weight excluding hydrogens is 426 g/mol. The molecule has 1 aromatic carbocycles.